The first-order valence-electron chi connectivity index (χ1n) is 5.76. The summed E-state index contributed by atoms with van der Waals surface area (Å²) in [5.41, 5.74) is 6.86. The summed E-state index contributed by atoms with van der Waals surface area (Å²) in [7, 11) is 0. The average Bonchev–Trinajstić information content (AvgIpc) is 2.73. The lowest BCUT2D eigenvalue weighted by Gasteiger charge is -2.20. The maximum atomic E-state index is 8.74. The van der Waals surface area contributed by atoms with E-state index in [9.17, 15) is 0 Å². The van der Waals surface area contributed by atoms with Crippen molar-refractivity contribution in [2.75, 3.05) is 19.7 Å². The molecular weight excluding hydrogens is 204 g/mol. The average molecular weight is 226 g/mol. The summed E-state index contributed by atoms with van der Waals surface area (Å²) in [6.07, 6.45) is 4.42. The van der Waals surface area contributed by atoms with Crippen LogP contribution < -0.4 is 11.1 Å². The predicted molar refractivity (Wildman–Crippen MR) is 64.1 cm³/mol. The zero-order valence-corrected chi connectivity index (χ0v) is 10.1. The van der Waals surface area contributed by atoms with E-state index in [1.54, 1.807) is 0 Å². The van der Waals surface area contributed by atoms with Gasteiger partial charge in [-0.1, -0.05) is 0 Å². The minimum absolute atomic E-state index is 0.108. The van der Waals surface area contributed by atoms with Gasteiger partial charge in [-0.15, -0.1) is 0 Å². The van der Waals surface area contributed by atoms with Crippen LogP contribution in [0.25, 0.3) is 0 Å². The molecule has 0 amide bonds. The van der Waals surface area contributed by atoms with Crippen LogP contribution in [0.5, 0.6) is 0 Å². The first-order valence-corrected chi connectivity index (χ1v) is 5.76. The van der Waals surface area contributed by atoms with Gasteiger partial charge in [0.25, 0.3) is 0 Å². The fourth-order valence-electron chi connectivity index (χ4n) is 1.68. The minimum Gasteiger partial charge on any atom is -0.396 e. The molecule has 1 heterocycles. The predicted octanol–water partition coefficient (Wildman–Crippen LogP) is 0.436. The molecule has 1 rings (SSSR count). The molecule has 5 heteroatoms. The van der Waals surface area contributed by atoms with Gasteiger partial charge in [0.2, 0.25) is 0 Å². The summed E-state index contributed by atoms with van der Waals surface area (Å²) in [5, 5.41) is 12.1. The quantitative estimate of drug-likeness (QED) is 0.590. The van der Waals surface area contributed by atoms with Crippen molar-refractivity contribution in [2.45, 2.75) is 32.4 Å². The SMILES string of the molecule is CC(C)n1cncc1C(CN)NCCCO. The standard InChI is InChI=1S/C11H22N4O/c1-9(2)15-8-13-7-11(15)10(6-12)14-4-3-5-16/h7-10,14,16H,3-6,12H2,1-2H3. The Balaban J connectivity index is 2.66. The first kappa shape index (κ1) is 13.2. The Morgan fingerprint density at radius 2 is 2.31 bits per heavy atom. The Bertz CT molecular complexity index is 298. The molecule has 0 spiro atoms. The van der Waals surface area contributed by atoms with Crippen molar-refractivity contribution in [3.8, 4) is 0 Å². The van der Waals surface area contributed by atoms with E-state index in [0.29, 0.717) is 12.6 Å². The number of imidazole rings is 1. The molecule has 16 heavy (non-hydrogen) atoms. The molecule has 4 N–H and O–H groups in total. The highest BCUT2D eigenvalue weighted by Crippen LogP contribution is 2.16. The number of hydrogen-bond acceptors (Lipinski definition) is 4. The lowest BCUT2D eigenvalue weighted by molar-refractivity contribution is 0.282. The molecule has 0 bridgehead atoms. The van der Waals surface area contributed by atoms with E-state index < -0.39 is 0 Å². The van der Waals surface area contributed by atoms with E-state index in [1.165, 1.54) is 0 Å². The zero-order chi connectivity index (χ0) is 12.0. The lowest BCUT2D eigenvalue weighted by atomic mass is 10.2. The summed E-state index contributed by atoms with van der Waals surface area (Å²) in [6.45, 7) is 5.73. The highest BCUT2D eigenvalue weighted by atomic mass is 16.3. The number of aromatic nitrogens is 2. The van der Waals surface area contributed by atoms with Crippen LogP contribution in [-0.2, 0) is 0 Å². The van der Waals surface area contributed by atoms with Crippen LogP contribution in [0.1, 0.15) is 38.0 Å². The molecule has 0 saturated heterocycles. The van der Waals surface area contributed by atoms with E-state index in [-0.39, 0.29) is 12.6 Å². The largest absolute Gasteiger partial charge is 0.396 e. The Morgan fingerprint density at radius 3 is 2.88 bits per heavy atom. The van der Waals surface area contributed by atoms with Gasteiger partial charge < -0.3 is 20.7 Å². The summed E-state index contributed by atoms with van der Waals surface area (Å²) in [6, 6.07) is 0.489. The maximum Gasteiger partial charge on any atom is 0.0951 e. The Morgan fingerprint density at radius 1 is 1.56 bits per heavy atom. The third kappa shape index (κ3) is 3.30. The lowest BCUT2D eigenvalue weighted by Crippen LogP contribution is -2.31. The van der Waals surface area contributed by atoms with Gasteiger partial charge >= 0.3 is 0 Å². The molecule has 1 unspecified atom stereocenters. The molecule has 5 nitrogen and oxygen atoms in total. The Kier molecular flexibility index (Phi) is 5.45. The fraction of sp³-hybridized carbons (Fsp3) is 0.727. The number of nitrogens with two attached hydrogens (primary N) is 1. The van der Waals surface area contributed by atoms with E-state index in [1.807, 2.05) is 12.5 Å². The second-order valence-corrected chi connectivity index (χ2v) is 4.14. The molecule has 1 aromatic heterocycles. The minimum atomic E-state index is 0.108. The molecular formula is C11H22N4O. The monoisotopic (exact) mass is 226 g/mol. The van der Waals surface area contributed by atoms with Crippen molar-refractivity contribution in [1.82, 2.24) is 14.9 Å². The van der Waals surface area contributed by atoms with Crippen molar-refractivity contribution in [3.05, 3.63) is 18.2 Å². The summed E-state index contributed by atoms with van der Waals surface area (Å²) in [5.74, 6) is 0. The van der Waals surface area contributed by atoms with Crippen LogP contribution in [0.4, 0.5) is 0 Å². The van der Waals surface area contributed by atoms with Crippen molar-refractivity contribution >= 4 is 0 Å². The molecule has 92 valence electrons. The van der Waals surface area contributed by atoms with Gasteiger partial charge in [0.1, 0.15) is 0 Å². The van der Waals surface area contributed by atoms with Crippen molar-refractivity contribution < 1.29 is 5.11 Å². The van der Waals surface area contributed by atoms with Crippen LogP contribution in [0.3, 0.4) is 0 Å². The normalized spacial score (nSPS) is 13.3. The second-order valence-electron chi connectivity index (χ2n) is 4.14. The van der Waals surface area contributed by atoms with Gasteiger partial charge in [-0.05, 0) is 26.8 Å². The topological polar surface area (TPSA) is 76.1 Å². The van der Waals surface area contributed by atoms with Crippen LogP contribution in [0.2, 0.25) is 0 Å². The first-order chi connectivity index (χ1) is 7.70. The van der Waals surface area contributed by atoms with Gasteiger partial charge in [-0.25, -0.2) is 4.98 Å². The number of nitrogens with one attached hydrogen (secondary N) is 1. The number of aliphatic hydroxyl groups excluding tert-OH is 1. The number of nitrogens with zero attached hydrogens (tertiary/aromatic N) is 2. The van der Waals surface area contributed by atoms with E-state index >= 15 is 0 Å². The molecule has 0 aromatic carbocycles. The molecule has 0 aliphatic carbocycles. The van der Waals surface area contributed by atoms with Gasteiger partial charge in [-0.3, -0.25) is 0 Å². The maximum absolute atomic E-state index is 8.74. The zero-order valence-electron chi connectivity index (χ0n) is 10.1. The fourth-order valence-corrected chi connectivity index (χ4v) is 1.68. The van der Waals surface area contributed by atoms with Crippen molar-refractivity contribution in [2.24, 2.45) is 5.73 Å². The number of rotatable bonds is 7. The summed E-state index contributed by atoms with van der Waals surface area (Å²) >= 11 is 0. The summed E-state index contributed by atoms with van der Waals surface area (Å²) in [4.78, 5) is 4.16. The molecule has 0 saturated carbocycles. The smallest absolute Gasteiger partial charge is 0.0951 e. The molecule has 0 fully saturated rings. The number of hydrogen-bond donors (Lipinski definition) is 3. The van der Waals surface area contributed by atoms with Gasteiger partial charge in [0, 0.05) is 25.4 Å². The van der Waals surface area contributed by atoms with Crippen LogP contribution in [0.15, 0.2) is 12.5 Å². The van der Waals surface area contributed by atoms with Crippen LogP contribution in [0, 0.1) is 0 Å². The molecule has 0 aliphatic rings. The third-order valence-electron chi connectivity index (χ3n) is 2.57. The second kappa shape index (κ2) is 6.62. The highest BCUT2D eigenvalue weighted by Gasteiger charge is 2.14. The van der Waals surface area contributed by atoms with Gasteiger partial charge in [0.05, 0.1) is 18.1 Å². The van der Waals surface area contributed by atoms with E-state index in [2.05, 4.69) is 28.7 Å². The molecule has 1 atom stereocenters. The Labute approximate surface area is 96.7 Å². The molecule has 0 radical (unpaired) electrons. The van der Waals surface area contributed by atoms with Crippen molar-refractivity contribution in [1.29, 1.82) is 0 Å². The third-order valence-corrected chi connectivity index (χ3v) is 2.57. The highest BCUT2D eigenvalue weighted by molar-refractivity contribution is 5.07. The van der Waals surface area contributed by atoms with E-state index in [4.69, 9.17) is 10.8 Å². The van der Waals surface area contributed by atoms with Crippen LogP contribution >= 0.6 is 0 Å². The van der Waals surface area contributed by atoms with Crippen molar-refractivity contribution in [3.63, 3.8) is 0 Å². The van der Waals surface area contributed by atoms with Gasteiger partial charge in [0.15, 0.2) is 0 Å². The van der Waals surface area contributed by atoms with Crippen LogP contribution in [-0.4, -0.2) is 34.4 Å². The Hall–Kier alpha value is -0.910. The molecule has 1 aromatic rings. The van der Waals surface area contributed by atoms with E-state index in [0.717, 1.165) is 18.7 Å². The van der Waals surface area contributed by atoms with Gasteiger partial charge in [-0.2, -0.15) is 0 Å². The summed E-state index contributed by atoms with van der Waals surface area (Å²) < 4.78 is 2.11. The molecule has 0 aliphatic heterocycles. The number of aliphatic hydroxyl groups is 1.